The number of halogens is 3. The van der Waals surface area contributed by atoms with Crippen LogP contribution in [0.25, 0.3) is 0 Å². The number of nitrogens with one attached hydrogen (secondary N) is 1. The van der Waals surface area contributed by atoms with Crippen molar-refractivity contribution in [2.45, 2.75) is 36.8 Å². The molecule has 10 heteroatoms. The van der Waals surface area contributed by atoms with E-state index in [1.807, 2.05) is 0 Å². The lowest BCUT2D eigenvalue weighted by atomic mass is 9.96. The van der Waals surface area contributed by atoms with Gasteiger partial charge in [-0.1, -0.05) is 0 Å². The summed E-state index contributed by atoms with van der Waals surface area (Å²) in [5.74, 6) is -2.38. The first kappa shape index (κ1) is 15.1. The second-order valence-corrected chi connectivity index (χ2v) is 3.73. The van der Waals surface area contributed by atoms with Crippen LogP contribution in [0.2, 0.25) is 0 Å². The van der Waals surface area contributed by atoms with Crippen LogP contribution in [0.15, 0.2) is 0 Å². The van der Waals surface area contributed by atoms with E-state index in [2.05, 4.69) is 4.74 Å². The minimum Gasteiger partial charge on any atom is -0.394 e. The number of hydrogen-bond donors (Lipinski definition) is 5. The molecule has 0 aliphatic carbocycles. The average Bonchev–Trinajstić information content (AvgIpc) is 2.27. The van der Waals surface area contributed by atoms with Gasteiger partial charge >= 0.3 is 12.1 Å². The van der Waals surface area contributed by atoms with Crippen LogP contribution in [-0.2, 0) is 9.53 Å². The largest absolute Gasteiger partial charge is 0.471 e. The summed E-state index contributed by atoms with van der Waals surface area (Å²) in [6.45, 7) is -0.802. The van der Waals surface area contributed by atoms with Crippen LogP contribution in [0, 0.1) is 0 Å². The van der Waals surface area contributed by atoms with Gasteiger partial charge in [0.2, 0.25) is 0 Å². The molecule has 1 aliphatic heterocycles. The molecule has 1 saturated heterocycles. The first-order valence-corrected chi connectivity index (χ1v) is 4.86. The number of alkyl halides is 3. The van der Waals surface area contributed by atoms with E-state index in [4.69, 9.17) is 10.2 Å². The Labute approximate surface area is 98.8 Å². The highest BCUT2D eigenvalue weighted by molar-refractivity contribution is 5.82. The topological polar surface area (TPSA) is 119 Å². The molecule has 5 atom stereocenters. The Morgan fingerprint density at radius 2 is 1.78 bits per heavy atom. The minimum absolute atomic E-state index is 0.802. The zero-order valence-corrected chi connectivity index (χ0v) is 8.83. The predicted octanol–water partition coefficient (Wildman–Crippen LogP) is -2.54. The van der Waals surface area contributed by atoms with Crippen molar-refractivity contribution < 1.29 is 43.1 Å². The highest BCUT2D eigenvalue weighted by atomic mass is 19.4. The molecule has 106 valence electrons. The maximum Gasteiger partial charge on any atom is 0.471 e. The molecule has 0 radical (unpaired) electrons. The second-order valence-electron chi connectivity index (χ2n) is 3.73. The summed E-state index contributed by atoms with van der Waals surface area (Å²) in [6, 6.07) is -1.81. The molecule has 0 aromatic carbocycles. The van der Waals surface area contributed by atoms with Gasteiger partial charge in [-0.25, -0.2) is 0 Å². The third-order valence-corrected chi connectivity index (χ3v) is 2.46. The van der Waals surface area contributed by atoms with Gasteiger partial charge in [-0.2, -0.15) is 13.2 Å². The van der Waals surface area contributed by atoms with E-state index in [0.717, 1.165) is 0 Å². The fourth-order valence-corrected chi connectivity index (χ4v) is 1.51. The van der Waals surface area contributed by atoms with E-state index in [1.165, 1.54) is 5.32 Å². The van der Waals surface area contributed by atoms with Gasteiger partial charge in [0.25, 0.3) is 0 Å². The molecule has 1 rings (SSSR count). The second kappa shape index (κ2) is 5.36. The standard InChI is InChI=1S/C8H12F3NO6/c9-8(10,11)7(17)12-3-4(14)2(1-13)18-6(16)5(3)15/h2-6,13-16H,1H2,(H,12,17)/t2-,3+,4-,5-,6-/m1/s1. The van der Waals surface area contributed by atoms with Crippen molar-refractivity contribution in [3.05, 3.63) is 0 Å². The van der Waals surface area contributed by atoms with E-state index in [9.17, 15) is 28.2 Å². The van der Waals surface area contributed by atoms with Crippen LogP contribution in [0.3, 0.4) is 0 Å². The Kier molecular flexibility index (Phi) is 4.50. The zero-order chi connectivity index (χ0) is 14.1. The summed E-state index contributed by atoms with van der Waals surface area (Å²) in [5.41, 5.74) is 0. The van der Waals surface area contributed by atoms with E-state index in [-0.39, 0.29) is 0 Å². The Bertz CT molecular complexity index is 312. The highest BCUT2D eigenvalue weighted by Gasteiger charge is 2.48. The van der Waals surface area contributed by atoms with Crippen LogP contribution in [-0.4, -0.2) is 69.8 Å². The molecule has 0 saturated carbocycles. The SMILES string of the molecule is O=C(N[C@@H]1[C@@H](O)[C@H](O)O[C@H](CO)[C@H]1O)C(F)(F)F. The number of aliphatic hydroxyl groups is 4. The molecule has 0 aromatic heterocycles. The fraction of sp³-hybridized carbons (Fsp3) is 0.875. The molecule has 1 heterocycles. The molecule has 1 fully saturated rings. The number of rotatable bonds is 2. The monoisotopic (exact) mass is 275 g/mol. The number of carbonyl (C=O) groups excluding carboxylic acids is 1. The molecule has 1 aliphatic rings. The Morgan fingerprint density at radius 3 is 2.22 bits per heavy atom. The van der Waals surface area contributed by atoms with Crippen LogP contribution in [0.1, 0.15) is 0 Å². The average molecular weight is 275 g/mol. The van der Waals surface area contributed by atoms with Gasteiger partial charge in [0.15, 0.2) is 6.29 Å². The van der Waals surface area contributed by atoms with Gasteiger partial charge < -0.3 is 30.5 Å². The summed E-state index contributed by atoms with van der Waals surface area (Å²) in [7, 11) is 0. The van der Waals surface area contributed by atoms with E-state index < -0.39 is 49.3 Å². The predicted molar refractivity (Wildman–Crippen MR) is 48.0 cm³/mol. The Morgan fingerprint density at radius 1 is 1.22 bits per heavy atom. The summed E-state index contributed by atoms with van der Waals surface area (Å²) in [4.78, 5) is 10.7. The maximum atomic E-state index is 12.0. The number of hydrogen-bond acceptors (Lipinski definition) is 6. The first-order valence-electron chi connectivity index (χ1n) is 4.86. The molecule has 18 heavy (non-hydrogen) atoms. The molecule has 0 bridgehead atoms. The first-order chi connectivity index (χ1) is 8.18. The minimum atomic E-state index is -5.20. The number of ether oxygens (including phenoxy) is 1. The van der Waals surface area contributed by atoms with Crippen LogP contribution >= 0.6 is 0 Å². The normalized spacial score (nSPS) is 37.4. The van der Waals surface area contributed by atoms with Crippen molar-refractivity contribution in [2.24, 2.45) is 0 Å². The van der Waals surface area contributed by atoms with Gasteiger partial charge in [0, 0.05) is 0 Å². The van der Waals surface area contributed by atoms with Crippen LogP contribution < -0.4 is 5.32 Å². The Balaban J connectivity index is 2.80. The summed E-state index contributed by atoms with van der Waals surface area (Å²) in [5, 5.41) is 38.1. The Hall–Kier alpha value is -0.940. The molecule has 0 unspecified atom stereocenters. The lowest BCUT2D eigenvalue weighted by Crippen LogP contribution is -2.65. The molecule has 7 nitrogen and oxygen atoms in total. The summed E-state index contributed by atoms with van der Waals surface area (Å²) < 4.78 is 40.6. The van der Waals surface area contributed by atoms with Crippen LogP contribution in [0.5, 0.6) is 0 Å². The van der Waals surface area contributed by atoms with Gasteiger partial charge in [0.05, 0.1) is 12.6 Å². The zero-order valence-electron chi connectivity index (χ0n) is 8.83. The van der Waals surface area contributed by atoms with E-state index in [0.29, 0.717) is 0 Å². The van der Waals surface area contributed by atoms with Crippen molar-refractivity contribution in [1.29, 1.82) is 0 Å². The molecular formula is C8H12F3NO6. The van der Waals surface area contributed by atoms with E-state index in [1.54, 1.807) is 0 Å². The molecule has 1 amide bonds. The van der Waals surface area contributed by atoms with Crippen molar-refractivity contribution in [3.63, 3.8) is 0 Å². The quantitative estimate of drug-likeness (QED) is 0.379. The lowest BCUT2D eigenvalue weighted by molar-refractivity contribution is -0.263. The fourth-order valence-electron chi connectivity index (χ4n) is 1.51. The lowest BCUT2D eigenvalue weighted by Gasteiger charge is -2.40. The summed E-state index contributed by atoms with van der Waals surface area (Å²) >= 11 is 0. The number of aliphatic hydroxyl groups excluding tert-OH is 4. The molecule has 0 spiro atoms. The molecule has 0 aromatic rings. The van der Waals surface area contributed by atoms with Crippen molar-refractivity contribution in [1.82, 2.24) is 5.32 Å². The van der Waals surface area contributed by atoms with Crippen molar-refractivity contribution in [2.75, 3.05) is 6.61 Å². The summed E-state index contributed by atoms with van der Waals surface area (Å²) in [6.07, 6.45) is -12.3. The van der Waals surface area contributed by atoms with Gasteiger partial charge in [0.1, 0.15) is 18.3 Å². The molecular weight excluding hydrogens is 263 g/mol. The highest BCUT2D eigenvalue weighted by Crippen LogP contribution is 2.22. The van der Waals surface area contributed by atoms with Crippen molar-refractivity contribution in [3.8, 4) is 0 Å². The van der Waals surface area contributed by atoms with Gasteiger partial charge in [-0.15, -0.1) is 0 Å². The number of amides is 1. The third kappa shape index (κ3) is 3.09. The maximum absolute atomic E-state index is 12.0. The van der Waals surface area contributed by atoms with Gasteiger partial charge in [-0.05, 0) is 0 Å². The van der Waals surface area contributed by atoms with Crippen molar-refractivity contribution >= 4 is 5.91 Å². The van der Waals surface area contributed by atoms with Gasteiger partial charge in [-0.3, -0.25) is 4.79 Å². The smallest absolute Gasteiger partial charge is 0.394 e. The molecule has 5 N–H and O–H groups in total. The third-order valence-electron chi connectivity index (χ3n) is 2.46. The number of carbonyl (C=O) groups is 1. The van der Waals surface area contributed by atoms with E-state index >= 15 is 0 Å². The van der Waals surface area contributed by atoms with Crippen LogP contribution in [0.4, 0.5) is 13.2 Å².